The van der Waals surface area contributed by atoms with E-state index in [1.807, 2.05) is 0 Å². The number of aliphatic imine (C=N–C) groups is 1. The van der Waals surface area contributed by atoms with Crippen molar-refractivity contribution in [3.8, 4) is 0 Å². The average Bonchev–Trinajstić information content (AvgIpc) is 2.60. The highest BCUT2D eigenvalue weighted by Gasteiger charge is 2.20. The molecule has 13 heteroatoms. The van der Waals surface area contributed by atoms with E-state index in [-0.39, 0.29) is 35.7 Å². The number of guanidine groups is 1. The lowest BCUT2D eigenvalue weighted by atomic mass is 10.4. The lowest BCUT2D eigenvalue weighted by molar-refractivity contribution is 0.0971. The second kappa shape index (κ2) is 10.8. The summed E-state index contributed by atoms with van der Waals surface area (Å²) in [4.78, 5) is 46.5. The lowest BCUT2D eigenvalue weighted by Gasteiger charge is -2.11. The van der Waals surface area contributed by atoms with Gasteiger partial charge >= 0.3 is 12.2 Å². The number of hydrogen-bond acceptors (Lipinski definition) is 9. The summed E-state index contributed by atoms with van der Waals surface area (Å²) in [6.45, 7) is 3.81. The Hall–Kier alpha value is -3.15. The Labute approximate surface area is 159 Å². The molecule has 0 radical (unpaired) electrons. The Balaban J connectivity index is 2.99. The number of rotatable bonds is 5. The van der Waals surface area contributed by atoms with E-state index in [1.54, 1.807) is 13.8 Å². The van der Waals surface area contributed by atoms with Crippen molar-refractivity contribution in [3.05, 3.63) is 10.8 Å². The van der Waals surface area contributed by atoms with E-state index >= 15 is 0 Å². The molecular formula is C14H20ClN7O5. The Morgan fingerprint density at radius 2 is 1.67 bits per heavy atom. The van der Waals surface area contributed by atoms with Crippen LogP contribution in [-0.2, 0) is 9.47 Å². The van der Waals surface area contributed by atoms with Crippen molar-refractivity contribution < 1.29 is 23.9 Å². The monoisotopic (exact) mass is 401 g/mol. The number of nitrogens with zero attached hydrogens (tertiary/aromatic N) is 3. The Morgan fingerprint density at radius 3 is 2.30 bits per heavy atom. The van der Waals surface area contributed by atoms with Crippen LogP contribution >= 0.6 is 11.6 Å². The van der Waals surface area contributed by atoms with Gasteiger partial charge in [0.05, 0.1) is 13.2 Å². The summed E-state index contributed by atoms with van der Waals surface area (Å²) in [5.41, 5.74) is 10.6. The molecule has 1 aromatic heterocycles. The van der Waals surface area contributed by atoms with Crippen molar-refractivity contribution in [1.29, 1.82) is 0 Å². The van der Waals surface area contributed by atoms with Gasteiger partial charge < -0.3 is 20.9 Å². The summed E-state index contributed by atoms with van der Waals surface area (Å²) in [5.74, 6) is -1.96. The maximum atomic E-state index is 12.3. The number of nitrogens with two attached hydrogens (primary N) is 2. The molecule has 0 unspecified atom stereocenters. The van der Waals surface area contributed by atoms with Gasteiger partial charge in [-0.05, 0) is 12.8 Å². The molecule has 0 aliphatic rings. The third kappa shape index (κ3) is 7.32. The molecule has 0 aromatic carbocycles. The number of amides is 3. The molecule has 1 rings (SSSR count). The van der Waals surface area contributed by atoms with Gasteiger partial charge in [-0.3, -0.25) is 15.4 Å². The Morgan fingerprint density at radius 1 is 1.04 bits per heavy atom. The van der Waals surface area contributed by atoms with Crippen molar-refractivity contribution >= 4 is 47.3 Å². The fourth-order valence-electron chi connectivity index (χ4n) is 1.50. The first-order valence-electron chi connectivity index (χ1n) is 7.87. The summed E-state index contributed by atoms with van der Waals surface area (Å²) in [5, 5.41) is 4.02. The molecule has 0 atom stereocenters. The first-order valence-corrected chi connectivity index (χ1v) is 8.25. The molecule has 6 N–H and O–H groups in total. The number of hydrogen-bond donors (Lipinski definition) is 4. The van der Waals surface area contributed by atoms with E-state index in [1.165, 1.54) is 0 Å². The van der Waals surface area contributed by atoms with Gasteiger partial charge in [-0.2, -0.15) is 0 Å². The normalized spacial score (nSPS) is 10.9. The second-order valence-electron chi connectivity index (χ2n) is 4.92. The van der Waals surface area contributed by atoms with Gasteiger partial charge in [0.25, 0.3) is 5.91 Å². The first-order chi connectivity index (χ1) is 12.8. The van der Waals surface area contributed by atoms with Gasteiger partial charge in [0.2, 0.25) is 5.96 Å². The van der Waals surface area contributed by atoms with Gasteiger partial charge in [-0.1, -0.05) is 25.4 Å². The predicted octanol–water partition coefficient (Wildman–Crippen LogP) is 1.06. The molecule has 0 saturated carbocycles. The van der Waals surface area contributed by atoms with E-state index in [9.17, 15) is 14.4 Å². The molecule has 0 saturated heterocycles. The topological polar surface area (TPSA) is 184 Å². The molecular weight excluding hydrogens is 382 g/mol. The van der Waals surface area contributed by atoms with Crippen LogP contribution in [0.5, 0.6) is 0 Å². The third-order valence-electron chi connectivity index (χ3n) is 2.64. The highest BCUT2D eigenvalue weighted by Crippen LogP contribution is 2.17. The van der Waals surface area contributed by atoms with Crippen LogP contribution in [0, 0.1) is 0 Å². The molecule has 0 fully saturated rings. The first kappa shape index (κ1) is 21.9. The SMILES string of the molecule is CCCOC(=O)/N=C(/NC(=O)OCCC)NC(=O)c1nc(Cl)c(N)nc1N. The van der Waals surface area contributed by atoms with Crippen LogP contribution < -0.4 is 22.1 Å². The highest BCUT2D eigenvalue weighted by molar-refractivity contribution is 6.31. The number of anilines is 2. The van der Waals surface area contributed by atoms with Gasteiger partial charge in [0, 0.05) is 0 Å². The molecule has 0 aliphatic carbocycles. The number of carbonyl (C=O) groups excluding carboxylic acids is 3. The fourth-order valence-corrected chi connectivity index (χ4v) is 1.63. The third-order valence-corrected chi connectivity index (χ3v) is 2.92. The Bertz CT molecular complexity index is 741. The van der Waals surface area contributed by atoms with Gasteiger partial charge in [0.1, 0.15) is 0 Å². The van der Waals surface area contributed by atoms with E-state index in [0.29, 0.717) is 12.8 Å². The molecule has 0 bridgehead atoms. The van der Waals surface area contributed by atoms with Gasteiger partial charge in [-0.25, -0.2) is 19.6 Å². The zero-order valence-electron chi connectivity index (χ0n) is 14.7. The number of carbonyl (C=O) groups is 3. The van der Waals surface area contributed by atoms with Crippen LogP contribution in [0.2, 0.25) is 5.15 Å². The minimum absolute atomic E-state index is 0.107. The number of nitrogens with one attached hydrogen (secondary N) is 2. The van der Waals surface area contributed by atoms with Crippen LogP contribution in [0.3, 0.4) is 0 Å². The van der Waals surface area contributed by atoms with Crippen LogP contribution in [-0.4, -0.2) is 47.2 Å². The Kier molecular flexibility index (Phi) is 8.72. The molecule has 148 valence electrons. The fraction of sp³-hybridized carbons (Fsp3) is 0.429. The van der Waals surface area contributed by atoms with Crippen molar-refractivity contribution in [3.63, 3.8) is 0 Å². The molecule has 0 spiro atoms. The number of ether oxygens (including phenoxy) is 2. The maximum Gasteiger partial charge on any atom is 0.436 e. The summed E-state index contributed by atoms with van der Waals surface area (Å²) in [6.07, 6.45) is -0.836. The summed E-state index contributed by atoms with van der Waals surface area (Å²) < 4.78 is 9.58. The van der Waals surface area contributed by atoms with E-state index in [0.717, 1.165) is 0 Å². The highest BCUT2D eigenvalue weighted by atomic mass is 35.5. The zero-order valence-corrected chi connectivity index (χ0v) is 15.5. The second-order valence-corrected chi connectivity index (χ2v) is 5.28. The van der Waals surface area contributed by atoms with Crippen LogP contribution in [0.4, 0.5) is 21.2 Å². The van der Waals surface area contributed by atoms with Crippen molar-refractivity contribution in [2.75, 3.05) is 24.7 Å². The van der Waals surface area contributed by atoms with Crippen LogP contribution in [0.15, 0.2) is 4.99 Å². The van der Waals surface area contributed by atoms with Gasteiger partial charge in [0.15, 0.2) is 22.5 Å². The summed E-state index contributed by atoms with van der Waals surface area (Å²) in [7, 11) is 0. The molecule has 1 aromatic rings. The number of nitrogen functional groups attached to an aromatic ring is 2. The molecule has 1 heterocycles. The number of alkyl carbamates (subject to hydrolysis) is 1. The zero-order chi connectivity index (χ0) is 20.4. The largest absolute Gasteiger partial charge is 0.449 e. The van der Waals surface area contributed by atoms with E-state index in [2.05, 4.69) is 25.6 Å². The van der Waals surface area contributed by atoms with Gasteiger partial charge in [-0.15, -0.1) is 4.99 Å². The predicted molar refractivity (Wildman–Crippen MR) is 97.2 cm³/mol. The summed E-state index contributed by atoms with van der Waals surface area (Å²) >= 11 is 5.72. The standard InChI is InChI=1S/C14H20ClN7O5/c1-3-5-26-13(24)21-12(22-14(25)27-6-4-2)20-11(23)7-9(16)19-10(17)8(15)18-7/h3-6H2,1-2H3,(H4,16,17,19)(H2,20,21,22,23,24,25). The lowest BCUT2D eigenvalue weighted by Crippen LogP contribution is -2.45. The van der Waals surface area contributed by atoms with E-state index in [4.69, 9.17) is 32.5 Å². The van der Waals surface area contributed by atoms with E-state index < -0.39 is 24.1 Å². The van der Waals surface area contributed by atoms with Crippen LogP contribution in [0.25, 0.3) is 0 Å². The molecule has 27 heavy (non-hydrogen) atoms. The minimum Gasteiger partial charge on any atom is -0.449 e. The maximum absolute atomic E-state index is 12.3. The van der Waals surface area contributed by atoms with Crippen molar-refractivity contribution in [1.82, 2.24) is 20.6 Å². The smallest absolute Gasteiger partial charge is 0.436 e. The number of halogens is 1. The quantitative estimate of drug-likeness (QED) is 0.413. The summed E-state index contributed by atoms with van der Waals surface area (Å²) in [6, 6.07) is 0. The molecule has 3 amide bonds. The van der Waals surface area contributed by atoms with Crippen LogP contribution in [0.1, 0.15) is 37.2 Å². The average molecular weight is 402 g/mol. The number of aromatic nitrogens is 2. The van der Waals surface area contributed by atoms with Crippen molar-refractivity contribution in [2.24, 2.45) is 4.99 Å². The van der Waals surface area contributed by atoms with Crippen molar-refractivity contribution in [2.45, 2.75) is 26.7 Å². The minimum atomic E-state index is -1.03. The molecule has 12 nitrogen and oxygen atoms in total. The molecule has 0 aliphatic heterocycles.